The van der Waals surface area contributed by atoms with Gasteiger partial charge in [-0.2, -0.15) is 0 Å². The number of amides is 1. The minimum atomic E-state index is -0.418. The standard InChI is InChI=1S/C14H19ClN2O3/c1-17(14(18)13-8-16-5-6-20-13)9-10-7-11(15)3-4-12(10)19-2/h3-4,7,13,16H,5-6,8-9H2,1-2H3/t13-/m1/s1. The second-order valence-corrected chi connectivity index (χ2v) is 5.15. The van der Waals surface area contributed by atoms with Crippen molar-refractivity contribution in [2.75, 3.05) is 33.9 Å². The molecule has 1 aromatic rings. The van der Waals surface area contributed by atoms with Crippen molar-refractivity contribution in [3.8, 4) is 5.75 Å². The van der Waals surface area contributed by atoms with E-state index in [4.69, 9.17) is 21.1 Å². The molecule has 0 aromatic heterocycles. The van der Waals surface area contributed by atoms with Crippen LogP contribution in [0.5, 0.6) is 5.75 Å². The molecule has 1 atom stereocenters. The lowest BCUT2D eigenvalue weighted by Gasteiger charge is -2.27. The van der Waals surface area contributed by atoms with Crippen LogP contribution < -0.4 is 10.1 Å². The highest BCUT2D eigenvalue weighted by Gasteiger charge is 2.25. The quantitative estimate of drug-likeness (QED) is 0.910. The third-order valence-corrected chi connectivity index (χ3v) is 3.46. The van der Waals surface area contributed by atoms with Crippen molar-refractivity contribution < 1.29 is 14.3 Å². The van der Waals surface area contributed by atoms with E-state index >= 15 is 0 Å². The molecule has 6 heteroatoms. The molecule has 1 aromatic carbocycles. The van der Waals surface area contributed by atoms with Gasteiger partial charge in [0, 0.05) is 37.3 Å². The molecular formula is C14H19ClN2O3. The van der Waals surface area contributed by atoms with Crippen LogP contribution in [0.4, 0.5) is 0 Å². The molecule has 110 valence electrons. The summed E-state index contributed by atoms with van der Waals surface area (Å²) in [6.45, 7) is 2.33. The van der Waals surface area contributed by atoms with Gasteiger partial charge in [-0.15, -0.1) is 0 Å². The molecule has 20 heavy (non-hydrogen) atoms. The molecule has 0 radical (unpaired) electrons. The minimum absolute atomic E-state index is 0.0424. The Balaban J connectivity index is 2.04. The van der Waals surface area contributed by atoms with E-state index in [0.29, 0.717) is 24.7 Å². The topological polar surface area (TPSA) is 50.8 Å². The number of carbonyl (C=O) groups excluding carboxylic acids is 1. The minimum Gasteiger partial charge on any atom is -0.496 e. The van der Waals surface area contributed by atoms with E-state index in [-0.39, 0.29) is 5.91 Å². The maximum absolute atomic E-state index is 12.3. The lowest BCUT2D eigenvalue weighted by Crippen LogP contribution is -2.48. The SMILES string of the molecule is COc1ccc(Cl)cc1CN(C)C(=O)[C@H]1CNCCO1. The molecule has 5 nitrogen and oxygen atoms in total. The molecule has 0 saturated carbocycles. The summed E-state index contributed by atoms with van der Waals surface area (Å²) in [4.78, 5) is 13.9. The Morgan fingerprint density at radius 2 is 2.40 bits per heavy atom. The monoisotopic (exact) mass is 298 g/mol. The van der Waals surface area contributed by atoms with E-state index in [1.807, 2.05) is 6.07 Å². The summed E-state index contributed by atoms with van der Waals surface area (Å²) < 4.78 is 10.8. The zero-order chi connectivity index (χ0) is 14.5. The lowest BCUT2D eigenvalue weighted by atomic mass is 10.1. The number of nitrogens with one attached hydrogen (secondary N) is 1. The van der Waals surface area contributed by atoms with Gasteiger partial charge >= 0.3 is 0 Å². The fraction of sp³-hybridized carbons (Fsp3) is 0.500. The first-order valence-electron chi connectivity index (χ1n) is 6.51. The summed E-state index contributed by atoms with van der Waals surface area (Å²) in [6, 6.07) is 5.37. The van der Waals surface area contributed by atoms with Gasteiger partial charge in [0.2, 0.25) is 0 Å². The number of hydrogen-bond acceptors (Lipinski definition) is 4. The summed E-state index contributed by atoms with van der Waals surface area (Å²) in [5, 5.41) is 3.77. The molecule has 1 amide bonds. The normalized spacial score (nSPS) is 18.6. The largest absolute Gasteiger partial charge is 0.496 e. The van der Waals surface area contributed by atoms with Crippen molar-refractivity contribution in [2.24, 2.45) is 0 Å². The third kappa shape index (κ3) is 3.62. The highest BCUT2D eigenvalue weighted by Crippen LogP contribution is 2.24. The van der Waals surface area contributed by atoms with Crippen LogP contribution in [-0.4, -0.2) is 50.8 Å². The summed E-state index contributed by atoms with van der Waals surface area (Å²) >= 11 is 5.99. The zero-order valence-electron chi connectivity index (χ0n) is 11.7. The first-order valence-corrected chi connectivity index (χ1v) is 6.89. The molecular weight excluding hydrogens is 280 g/mol. The molecule has 1 fully saturated rings. The average molecular weight is 299 g/mol. The number of carbonyl (C=O) groups is 1. The summed E-state index contributed by atoms with van der Waals surface area (Å²) in [6.07, 6.45) is -0.418. The second-order valence-electron chi connectivity index (χ2n) is 4.71. The first-order chi connectivity index (χ1) is 9.61. The van der Waals surface area contributed by atoms with Crippen molar-refractivity contribution in [3.05, 3.63) is 28.8 Å². The van der Waals surface area contributed by atoms with Crippen LogP contribution in [0.25, 0.3) is 0 Å². The molecule has 1 N–H and O–H groups in total. The van der Waals surface area contributed by atoms with Gasteiger partial charge in [-0.25, -0.2) is 0 Å². The molecule has 0 spiro atoms. The van der Waals surface area contributed by atoms with Gasteiger partial charge in [0.25, 0.3) is 5.91 Å². The molecule has 1 aliphatic rings. The number of halogens is 1. The number of rotatable bonds is 4. The third-order valence-electron chi connectivity index (χ3n) is 3.23. The Kier molecular flexibility index (Phi) is 5.23. The van der Waals surface area contributed by atoms with Crippen molar-refractivity contribution in [3.63, 3.8) is 0 Å². The van der Waals surface area contributed by atoms with Gasteiger partial charge < -0.3 is 19.7 Å². The Morgan fingerprint density at radius 3 is 3.05 bits per heavy atom. The van der Waals surface area contributed by atoms with Crippen molar-refractivity contribution in [1.29, 1.82) is 0 Å². The zero-order valence-corrected chi connectivity index (χ0v) is 12.4. The Hall–Kier alpha value is -1.30. The van der Waals surface area contributed by atoms with Gasteiger partial charge in [0.05, 0.1) is 13.7 Å². The van der Waals surface area contributed by atoms with E-state index < -0.39 is 6.10 Å². The summed E-state index contributed by atoms with van der Waals surface area (Å²) in [5.41, 5.74) is 0.875. The molecule has 0 aliphatic carbocycles. The van der Waals surface area contributed by atoms with E-state index in [1.165, 1.54) is 0 Å². The Labute approximate surface area is 123 Å². The fourth-order valence-corrected chi connectivity index (χ4v) is 2.37. The van der Waals surface area contributed by atoms with E-state index in [2.05, 4.69) is 5.32 Å². The number of methoxy groups -OCH3 is 1. The number of ether oxygens (including phenoxy) is 2. The van der Waals surface area contributed by atoms with Crippen LogP contribution in [-0.2, 0) is 16.1 Å². The van der Waals surface area contributed by atoms with Crippen LogP contribution in [0.2, 0.25) is 5.02 Å². The number of likely N-dealkylation sites (N-methyl/N-ethyl adjacent to an activating group) is 1. The van der Waals surface area contributed by atoms with Crippen LogP contribution in [0.15, 0.2) is 18.2 Å². The maximum atomic E-state index is 12.3. The summed E-state index contributed by atoms with van der Waals surface area (Å²) in [7, 11) is 3.35. The van der Waals surface area contributed by atoms with E-state index in [1.54, 1.807) is 31.2 Å². The molecule has 1 saturated heterocycles. The predicted octanol–water partition coefficient (Wildman–Crippen LogP) is 1.30. The van der Waals surface area contributed by atoms with E-state index in [0.717, 1.165) is 17.9 Å². The average Bonchev–Trinajstić information content (AvgIpc) is 2.47. The maximum Gasteiger partial charge on any atom is 0.253 e. The van der Waals surface area contributed by atoms with Crippen molar-refractivity contribution in [1.82, 2.24) is 10.2 Å². The van der Waals surface area contributed by atoms with Crippen LogP contribution >= 0.6 is 11.6 Å². The number of morpholine rings is 1. The molecule has 1 aliphatic heterocycles. The highest BCUT2D eigenvalue weighted by atomic mass is 35.5. The molecule has 0 bridgehead atoms. The first kappa shape index (κ1) is 15.1. The van der Waals surface area contributed by atoms with Gasteiger partial charge in [-0.3, -0.25) is 4.79 Å². The fourth-order valence-electron chi connectivity index (χ4n) is 2.17. The molecule has 1 heterocycles. The van der Waals surface area contributed by atoms with Crippen LogP contribution in [0, 0.1) is 0 Å². The Morgan fingerprint density at radius 1 is 1.60 bits per heavy atom. The number of nitrogens with zero attached hydrogens (tertiary/aromatic N) is 1. The summed E-state index contributed by atoms with van der Waals surface area (Å²) in [5.74, 6) is 0.677. The van der Waals surface area contributed by atoms with Gasteiger partial charge in [0.15, 0.2) is 0 Å². The van der Waals surface area contributed by atoms with E-state index in [9.17, 15) is 4.79 Å². The van der Waals surface area contributed by atoms with Crippen molar-refractivity contribution in [2.45, 2.75) is 12.6 Å². The second kappa shape index (κ2) is 6.92. The lowest BCUT2D eigenvalue weighted by molar-refractivity contribution is -0.144. The number of benzene rings is 1. The predicted molar refractivity (Wildman–Crippen MR) is 77.1 cm³/mol. The van der Waals surface area contributed by atoms with Gasteiger partial charge in [0.1, 0.15) is 11.9 Å². The van der Waals surface area contributed by atoms with Gasteiger partial charge in [-0.1, -0.05) is 11.6 Å². The van der Waals surface area contributed by atoms with Gasteiger partial charge in [-0.05, 0) is 18.2 Å². The Bertz CT molecular complexity index is 475. The number of hydrogen-bond donors (Lipinski definition) is 1. The molecule has 2 rings (SSSR count). The van der Waals surface area contributed by atoms with Crippen molar-refractivity contribution >= 4 is 17.5 Å². The van der Waals surface area contributed by atoms with Crippen LogP contribution in [0.1, 0.15) is 5.56 Å². The smallest absolute Gasteiger partial charge is 0.253 e. The van der Waals surface area contributed by atoms with Crippen LogP contribution in [0.3, 0.4) is 0 Å². The highest BCUT2D eigenvalue weighted by molar-refractivity contribution is 6.30. The molecule has 0 unspecified atom stereocenters.